The Morgan fingerprint density at radius 2 is 2.08 bits per heavy atom. The first-order valence-corrected chi connectivity index (χ1v) is 3.52. The van der Waals surface area contributed by atoms with Gasteiger partial charge in [-0.1, -0.05) is 0 Å². The Kier molecular flexibility index (Phi) is 2.90. The third-order valence-electron chi connectivity index (χ3n) is 1.23. The van der Waals surface area contributed by atoms with Crippen molar-refractivity contribution < 1.29 is 8.78 Å². The Balaban J connectivity index is 2.58. The van der Waals surface area contributed by atoms with E-state index in [1.807, 2.05) is 0 Å². The molecule has 0 radical (unpaired) electrons. The maximum absolute atomic E-state index is 12.3. The van der Waals surface area contributed by atoms with Crippen molar-refractivity contribution in [3.05, 3.63) is 18.2 Å². The minimum absolute atomic E-state index is 0.238. The van der Waals surface area contributed by atoms with E-state index < -0.39 is 12.5 Å². The molecule has 0 aliphatic rings. The average Bonchev–Trinajstić information content (AvgIpc) is 2.09. The van der Waals surface area contributed by atoms with Crippen LogP contribution in [-0.4, -0.2) is 22.7 Å². The van der Waals surface area contributed by atoms with E-state index in [0.717, 1.165) is 12.4 Å². The number of rotatable bonds is 3. The molecule has 1 atom stereocenters. The summed E-state index contributed by atoms with van der Waals surface area (Å²) in [4.78, 5) is 7.20. The molecule has 0 saturated heterocycles. The maximum Gasteiger partial charge on any atom is 0.223 e. The molecule has 0 saturated carbocycles. The highest BCUT2D eigenvalue weighted by atomic mass is 19.1. The van der Waals surface area contributed by atoms with Crippen LogP contribution in [0.2, 0.25) is 0 Å². The third-order valence-corrected chi connectivity index (χ3v) is 1.23. The van der Waals surface area contributed by atoms with Crippen LogP contribution < -0.4 is 5.32 Å². The minimum Gasteiger partial charge on any atom is -0.349 e. The first-order chi connectivity index (χ1) is 5.72. The molecule has 0 aliphatic carbocycles. The Morgan fingerprint density at radius 1 is 1.50 bits per heavy atom. The summed E-state index contributed by atoms with van der Waals surface area (Å²) in [6.45, 7) is 1.13. The van der Waals surface area contributed by atoms with Gasteiger partial charge >= 0.3 is 0 Å². The molecule has 3 nitrogen and oxygen atoms in total. The van der Waals surface area contributed by atoms with Gasteiger partial charge in [-0.3, -0.25) is 0 Å². The van der Waals surface area contributed by atoms with Crippen molar-refractivity contribution in [3.8, 4) is 0 Å². The summed E-state index contributed by atoms with van der Waals surface area (Å²) in [5.41, 5.74) is 0. The van der Waals surface area contributed by atoms with E-state index in [9.17, 15) is 8.78 Å². The van der Waals surface area contributed by atoms with Crippen LogP contribution in [0.1, 0.15) is 6.92 Å². The van der Waals surface area contributed by atoms with Crippen molar-refractivity contribution in [2.24, 2.45) is 0 Å². The lowest BCUT2D eigenvalue weighted by molar-refractivity contribution is 0.458. The number of aromatic nitrogens is 2. The Hall–Kier alpha value is -1.26. The van der Waals surface area contributed by atoms with E-state index in [1.54, 1.807) is 6.92 Å². The number of hydrogen-bond donors (Lipinski definition) is 1. The van der Waals surface area contributed by atoms with Crippen LogP contribution in [0.4, 0.5) is 14.7 Å². The summed E-state index contributed by atoms with van der Waals surface area (Å²) in [7, 11) is 0. The van der Waals surface area contributed by atoms with E-state index in [1.165, 1.54) is 0 Å². The molecule has 0 aliphatic heterocycles. The lowest BCUT2D eigenvalue weighted by Gasteiger charge is -2.08. The molecule has 0 bridgehead atoms. The Labute approximate surface area is 68.8 Å². The zero-order valence-electron chi connectivity index (χ0n) is 6.59. The molecular weight excluding hydrogens is 164 g/mol. The second-order valence-electron chi connectivity index (χ2n) is 2.42. The van der Waals surface area contributed by atoms with Gasteiger partial charge in [0, 0.05) is 0 Å². The molecular formula is C7H9F2N3. The second-order valence-corrected chi connectivity index (χ2v) is 2.42. The van der Waals surface area contributed by atoms with Crippen molar-refractivity contribution in [1.29, 1.82) is 0 Å². The normalized spacial score (nSPS) is 12.6. The van der Waals surface area contributed by atoms with Gasteiger partial charge in [-0.05, 0) is 6.92 Å². The fourth-order valence-corrected chi connectivity index (χ4v) is 0.646. The lowest BCUT2D eigenvalue weighted by atomic mass is 10.4. The highest BCUT2D eigenvalue weighted by Gasteiger charge is 2.02. The van der Waals surface area contributed by atoms with E-state index in [4.69, 9.17) is 0 Å². The van der Waals surface area contributed by atoms with Gasteiger partial charge in [0.15, 0.2) is 5.82 Å². The van der Waals surface area contributed by atoms with Gasteiger partial charge in [-0.2, -0.15) is 0 Å². The molecule has 12 heavy (non-hydrogen) atoms. The second kappa shape index (κ2) is 3.94. The van der Waals surface area contributed by atoms with E-state index in [2.05, 4.69) is 15.3 Å². The molecule has 1 aromatic heterocycles. The first kappa shape index (κ1) is 8.83. The highest BCUT2D eigenvalue weighted by molar-refractivity contribution is 5.23. The van der Waals surface area contributed by atoms with Crippen molar-refractivity contribution in [2.45, 2.75) is 13.0 Å². The molecule has 0 unspecified atom stereocenters. The van der Waals surface area contributed by atoms with Gasteiger partial charge < -0.3 is 5.32 Å². The van der Waals surface area contributed by atoms with Gasteiger partial charge in [0.2, 0.25) is 5.95 Å². The first-order valence-electron chi connectivity index (χ1n) is 3.52. The van der Waals surface area contributed by atoms with Gasteiger partial charge in [-0.25, -0.2) is 18.7 Å². The predicted octanol–water partition coefficient (Wildman–Crippen LogP) is 1.39. The highest BCUT2D eigenvalue weighted by Crippen LogP contribution is 2.00. The van der Waals surface area contributed by atoms with Crippen molar-refractivity contribution in [2.75, 3.05) is 12.0 Å². The third kappa shape index (κ3) is 2.41. The summed E-state index contributed by atoms with van der Waals surface area (Å²) in [5.74, 6) is -0.269. The van der Waals surface area contributed by atoms with Crippen molar-refractivity contribution in [3.63, 3.8) is 0 Å². The summed E-state index contributed by atoms with van der Waals surface area (Å²) >= 11 is 0. The number of halogens is 2. The molecule has 0 aromatic carbocycles. The molecule has 0 fully saturated rings. The fraction of sp³-hybridized carbons (Fsp3) is 0.429. The Bertz CT molecular complexity index is 237. The minimum atomic E-state index is -0.513. The molecule has 1 aromatic rings. The number of nitrogens with one attached hydrogen (secondary N) is 1. The number of alkyl halides is 1. The largest absolute Gasteiger partial charge is 0.349 e. The van der Waals surface area contributed by atoms with E-state index >= 15 is 0 Å². The average molecular weight is 173 g/mol. The molecule has 1 heterocycles. The topological polar surface area (TPSA) is 37.8 Å². The molecule has 66 valence electrons. The van der Waals surface area contributed by atoms with E-state index in [0.29, 0.717) is 0 Å². The zero-order chi connectivity index (χ0) is 8.97. The van der Waals surface area contributed by atoms with Crippen molar-refractivity contribution >= 4 is 5.95 Å². The van der Waals surface area contributed by atoms with Crippen LogP contribution in [0.5, 0.6) is 0 Å². The van der Waals surface area contributed by atoms with Gasteiger partial charge in [0.25, 0.3) is 0 Å². The molecule has 1 rings (SSSR count). The quantitative estimate of drug-likeness (QED) is 0.750. The number of hydrogen-bond acceptors (Lipinski definition) is 3. The van der Waals surface area contributed by atoms with Crippen molar-refractivity contribution in [1.82, 2.24) is 9.97 Å². The molecule has 5 heteroatoms. The van der Waals surface area contributed by atoms with Crippen LogP contribution in [0.15, 0.2) is 12.4 Å². The number of anilines is 1. The SMILES string of the molecule is C[C@@H](CF)Nc1ncc(F)cn1. The van der Waals surface area contributed by atoms with Crippen LogP contribution in [0.3, 0.4) is 0 Å². The Morgan fingerprint density at radius 3 is 2.58 bits per heavy atom. The summed E-state index contributed by atoms with van der Waals surface area (Å²) in [6.07, 6.45) is 2.06. The maximum atomic E-state index is 12.3. The van der Waals surface area contributed by atoms with Crippen LogP contribution in [0.25, 0.3) is 0 Å². The predicted molar refractivity (Wildman–Crippen MR) is 41.0 cm³/mol. The van der Waals surface area contributed by atoms with Crippen LogP contribution >= 0.6 is 0 Å². The molecule has 0 spiro atoms. The summed E-state index contributed by atoms with van der Waals surface area (Å²) < 4.78 is 24.2. The van der Waals surface area contributed by atoms with Crippen LogP contribution in [0, 0.1) is 5.82 Å². The monoisotopic (exact) mass is 173 g/mol. The van der Waals surface area contributed by atoms with Gasteiger partial charge in [0.05, 0.1) is 18.4 Å². The lowest BCUT2D eigenvalue weighted by Crippen LogP contribution is -2.18. The number of nitrogens with zero attached hydrogens (tertiary/aromatic N) is 2. The van der Waals surface area contributed by atoms with Gasteiger partial charge in [-0.15, -0.1) is 0 Å². The molecule has 1 N–H and O–H groups in total. The smallest absolute Gasteiger partial charge is 0.223 e. The van der Waals surface area contributed by atoms with E-state index in [-0.39, 0.29) is 12.0 Å². The summed E-state index contributed by atoms with van der Waals surface area (Å²) in [5, 5.41) is 2.65. The fourth-order valence-electron chi connectivity index (χ4n) is 0.646. The zero-order valence-corrected chi connectivity index (χ0v) is 6.59. The standard InChI is InChI=1S/C7H9F2N3/c1-5(2-8)12-7-10-3-6(9)4-11-7/h3-5H,2H2,1H3,(H,10,11,12)/t5-/m0/s1. The molecule has 0 amide bonds. The van der Waals surface area contributed by atoms with Gasteiger partial charge in [0.1, 0.15) is 6.67 Å². The summed E-state index contributed by atoms with van der Waals surface area (Å²) in [6, 6.07) is -0.351. The van der Waals surface area contributed by atoms with Crippen LogP contribution in [-0.2, 0) is 0 Å².